The molecule has 0 aliphatic carbocycles. The third-order valence-corrected chi connectivity index (χ3v) is 4.87. The number of hydrogen-bond donors (Lipinski definition) is 1. The summed E-state index contributed by atoms with van der Waals surface area (Å²) in [6.07, 6.45) is 2.82. The number of aromatic nitrogens is 6. The van der Waals surface area contributed by atoms with E-state index in [1.54, 1.807) is 11.7 Å². The van der Waals surface area contributed by atoms with Gasteiger partial charge in [-0.05, 0) is 32.9 Å². The highest BCUT2D eigenvalue weighted by atomic mass is 16.2. The van der Waals surface area contributed by atoms with Crippen LogP contribution >= 0.6 is 0 Å². The smallest absolute Gasteiger partial charge is 0.264 e. The van der Waals surface area contributed by atoms with E-state index in [0.717, 1.165) is 16.9 Å². The molecule has 9 heteroatoms. The van der Waals surface area contributed by atoms with Crippen molar-refractivity contribution in [2.75, 3.05) is 5.32 Å². The van der Waals surface area contributed by atoms with Crippen molar-refractivity contribution in [3.8, 4) is 5.69 Å². The van der Waals surface area contributed by atoms with E-state index in [2.05, 4.69) is 20.5 Å². The summed E-state index contributed by atoms with van der Waals surface area (Å²) in [5.74, 6) is -0.327. The highest BCUT2D eigenvalue weighted by molar-refractivity contribution is 5.92. The SMILES string of the molecule is Cc1ccc(-n2nc(C)c(NC(=O)Cn3cnc4c(cnn4C)c3=O)c2C)cc1. The summed E-state index contributed by atoms with van der Waals surface area (Å²) in [4.78, 5) is 29.4. The first-order chi connectivity index (χ1) is 13.8. The molecule has 29 heavy (non-hydrogen) atoms. The summed E-state index contributed by atoms with van der Waals surface area (Å²) in [5.41, 5.74) is 4.41. The number of nitrogens with one attached hydrogen (secondary N) is 1. The summed E-state index contributed by atoms with van der Waals surface area (Å²) in [6, 6.07) is 7.99. The lowest BCUT2D eigenvalue weighted by Gasteiger charge is -2.09. The molecule has 4 aromatic rings. The Kier molecular flexibility index (Phi) is 4.50. The number of aryl methyl sites for hydroxylation is 3. The normalized spacial score (nSPS) is 11.2. The monoisotopic (exact) mass is 391 g/mol. The molecule has 0 saturated carbocycles. The van der Waals surface area contributed by atoms with Crippen LogP contribution in [0.4, 0.5) is 5.69 Å². The van der Waals surface area contributed by atoms with E-state index in [4.69, 9.17) is 0 Å². The van der Waals surface area contributed by atoms with Crippen molar-refractivity contribution in [2.24, 2.45) is 7.05 Å². The first-order valence-electron chi connectivity index (χ1n) is 9.15. The van der Waals surface area contributed by atoms with Crippen LogP contribution in [0.15, 0.2) is 41.6 Å². The maximum absolute atomic E-state index is 12.6. The van der Waals surface area contributed by atoms with Crippen molar-refractivity contribution < 1.29 is 4.79 Å². The van der Waals surface area contributed by atoms with Gasteiger partial charge in [-0.3, -0.25) is 18.8 Å². The number of fused-ring (bicyclic) bond motifs is 1. The number of hydrogen-bond acceptors (Lipinski definition) is 5. The average Bonchev–Trinajstić information content (AvgIpc) is 3.20. The van der Waals surface area contributed by atoms with Gasteiger partial charge in [0.15, 0.2) is 5.65 Å². The number of carbonyl (C=O) groups is 1. The Morgan fingerprint density at radius 3 is 2.59 bits per heavy atom. The molecule has 0 radical (unpaired) electrons. The van der Waals surface area contributed by atoms with E-state index in [9.17, 15) is 9.59 Å². The Bertz CT molecular complexity index is 1280. The first kappa shape index (κ1) is 18.6. The van der Waals surface area contributed by atoms with Crippen LogP contribution < -0.4 is 10.9 Å². The van der Waals surface area contributed by atoms with Crippen LogP contribution in [0.25, 0.3) is 16.7 Å². The Morgan fingerprint density at radius 1 is 1.14 bits per heavy atom. The zero-order chi connectivity index (χ0) is 20.7. The van der Waals surface area contributed by atoms with Gasteiger partial charge in [0, 0.05) is 7.05 Å². The van der Waals surface area contributed by atoms with Crippen LogP contribution in [0.1, 0.15) is 17.0 Å². The van der Waals surface area contributed by atoms with Crippen LogP contribution in [0.3, 0.4) is 0 Å². The second kappa shape index (κ2) is 7.01. The third kappa shape index (κ3) is 3.31. The van der Waals surface area contributed by atoms with E-state index < -0.39 is 0 Å². The Morgan fingerprint density at radius 2 is 1.86 bits per heavy atom. The summed E-state index contributed by atoms with van der Waals surface area (Å²) in [6.45, 7) is 5.61. The van der Waals surface area contributed by atoms with E-state index >= 15 is 0 Å². The highest BCUT2D eigenvalue weighted by Crippen LogP contribution is 2.23. The molecule has 0 saturated heterocycles. The van der Waals surface area contributed by atoms with Crippen LogP contribution in [0, 0.1) is 20.8 Å². The molecule has 1 N–H and O–H groups in total. The Hall–Kier alpha value is -3.75. The predicted molar refractivity (Wildman–Crippen MR) is 109 cm³/mol. The lowest BCUT2D eigenvalue weighted by Crippen LogP contribution is -2.28. The van der Waals surface area contributed by atoms with E-state index in [0.29, 0.717) is 22.4 Å². The fraction of sp³-hybridized carbons (Fsp3) is 0.250. The van der Waals surface area contributed by atoms with Crippen molar-refractivity contribution in [3.63, 3.8) is 0 Å². The summed E-state index contributed by atoms with van der Waals surface area (Å²) in [5, 5.41) is 11.8. The summed E-state index contributed by atoms with van der Waals surface area (Å²) < 4.78 is 4.58. The minimum Gasteiger partial charge on any atom is -0.321 e. The molecule has 3 heterocycles. The molecule has 148 valence electrons. The van der Waals surface area contributed by atoms with Crippen molar-refractivity contribution in [2.45, 2.75) is 27.3 Å². The molecule has 0 aliphatic heterocycles. The molecule has 0 bridgehead atoms. The molecule has 0 spiro atoms. The number of benzene rings is 1. The fourth-order valence-electron chi connectivity index (χ4n) is 3.27. The molecule has 0 unspecified atom stereocenters. The lowest BCUT2D eigenvalue weighted by molar-refractivity contribution is -0.116. The second-order valence-corrected chi connectivity index (χ2v) is 7.02. The van der Waals surface area contributed by atoms with Gasteiger partial charge in [0.2, 0.25) is 5.91 Å². The minimum absolute atomic E-state index is 0.148. The topological polar surface area (TPSA) is 99.6 Å². The van der Waals surface area contributed by atoms with Crippen molar-refractivity contribution in [1.29, 1.82) is 0 Å². The second-order valence-electron chi connectivity index (χ2n) is 7.02. The standard InChI is InChI=1S/C20H21N7O2/c1-12-5-7-15(8-6-12)27-14(3)18(13(2)24-27)23-17(28)10-26-11-21-19-16(20(26)29)9-22-25(19)4/h5-9,11H,10H2,1-4H3,(H,23,28). The van der Waals surface area contributed by atoms with Gasteiger partial charge in [0.25, 0.3) is 5.56 Å². The van der Waals surface area contributed by atoms with Crippen LogP contribution in [-0.4, -0.2) is 35.0 Å². The number of rotatable bonds is 4. The molecule has 0 aliphatic rings. The first-order valence-corrected chi connectivity index (χ1v) is 9.15. The number of nitrogens with zero attached hydrogens (tertiary/aromatic N) is 6. The Balaban J connectivity index is 1.58. The molecule has 4 rings (SSSR count). The van der Waals surface area contributed by atoms with Crippen molar-refractivity contribution >= 4 is 22.6 Å². The minimum atomic E-state index is -0.327. The van der Waals surface area contributed by atoms with Gasteiger partial charge >= 0.3 is 0 Å². The van der Waals surface area contributed by atoms with Gasteiger partial charge in [0.1, 0.15) is 18.3 Å². The maximum Gasteiger partial charge on any atom is 0.264 e. The fourth-order valence-corrected chi connectivity index (χ4v) is 3.27. The van der Waals surface area contributed by atoms with Gasteiger partial charge < -0.3 is 5.32 Å². The van der Waals surface area contributed by atoms with Crippen LogP contribution in [0.2, 0.25) is 0 Å². The zero-order valence-corrected chi connectivity index (χ0v) is 16.7. The van der Waals surface area contributed by atoms with E-state index in [-0.39, 0.29) is 18.0 Å². The Labute approximate surface area is 166 Å². The van der Waals surface area contributed by atoms with Gasteiger partial charge in [-0.15, -0.1) is 0 Å². The third-order valence-electron chi connectivity index (χ3n) is 4.87. The molecular weight excluding hydrogens is 370 g/mol. The largest absolute Gasteiger partial charge is 0.321 e. The number of anilines is 1. The zero-order valence-electron chi connectivity index (χ0n) is 16.7. The summed E-state index contributed by atoms with van der Waals surface area (Å²) >= 11 is 0. The van der Waals surface area contributed by atoms with Crippen molar-refractivity contribution in [1.82, 2.24) is 29.1 Å². The highest BCUT2D eigenvalue weighted by Gasteiger charge is 2.17. The molecule has 1 amide bonds. The van der Waals surface area contributed by atoms with Gasteiger partial charge in [0.05, 0.1) is 29.0 Å². The predicted octanol–water partition coefficient (Wildman–Crippen LogP) is 1.88. The quantitative estimate of drug-likeness (QED) is 0.573. The number of amides is 1. The van der Waals surface area contributed by atoms with Gasteiger partial charge in [-0.1, -0.05) is 17.7 Å². The lowest BCUT2D eigenvalue weighted by atomic mass is 10.2. The molecule has 3 aromatic heterocycles. The van der Waals surface area contributed by atoms with E-state index in [1.165, 1.54) is 21.8 Å². The summed E-state index contributed by atoms with van der Waals surface area (Å²) in [7, 11) is 1.71. The van der Waals surface area contributed by atoms with Gasteiger partial charge in [-0.2, -0.15) is 10.2 Å². The maximum atomic E-state index is 12.6. The van der Waals surface area contributed by atoms with Gasteiger partial charge in [-0.25, -0.2) is 9.67 Å². The van der Waals surface area contributed by atoms with Crippen LogP contribution in [-0.2, 0) is 18.4 Å². The van der Waals surface area contributed by atoms with Crippen LogP contribution in [0.5, 0.6) is 0 Å². The molecule has 1 aromatic carbocycles. The average molecular weight is 391 g/mol. The molecule has 0 atom stereocenters. The molecular formula is C20H21N7O2. The van der Waals surface area contributed by atoms with E-state index in [1.807, 2.05) is 45.0 Å². The molecule has 9 nitrogen and oxygen atoms in total. The molecule has 0 fully saturated rings. The number of carbonyl (C=O) groups excluding carboxylic acids is 1. The van der Waals surface area contributed by atoms with Crippen molar-refractivity contribution in [3.05, 3.63) is 64.1 Å².